The van der Waals surface area contributed by atoms with Gasteiger partial charge in [0.05, 0.1) is 44.4 Å². The summed E-state index contributed by atoms with van der Waals surface area (Å²) < 4.78 is 16.8. The smallest absolute Gasteiger partial charge is 0.216 e. The fourth-order valence-electron chi connectivity index (χ4n) is 6.17. The van der Waals surface area contributed by atoms with E-state index in [0.29, 0.717) is 46.1 Å². The summed E-state index contributed by atoms with van der Waals surface area (Å²) >= 11 is 0. The molecule has 1 unspecified atom stereocenters. The summed E-state index contributed by atoms with van der Waals surface area (Å²) in [7, 11) is 1.71. The largest absolute Gasteiger partial charge is 0.383 e. The van der Waals surface area contributed by atoms with Gasteiger partial charge in [0.25, 0.3) is 0 Å². The third kappa shape index (κ3) is 5.90. The predicted molar refractivity (Wildman–Crippen MR) is 160 cm³/mol. The fourth-order valence-corrected chi connectivity index (χ4v) is 6.17. The van der Waals surface area contributed by atoms with Crippen LogP contribution in [0.3, 0.4) is 0 Å². The highest BCUT2D eigenvalue weighted by Gasteiger charge is 2.42. The van der Waals surface area contributed by atoms with Crippen molar-refractivity contribution in [2.45, 2.75) is 25.9 Å². The van der Waals surface area contributed by atoms with Gasteiger partial charge in [0.2, 0.25) is 6.41 Å². The number of methoxy groups -OCH3 is 1. The number of benzene rings is 1. The van der Waals surface area contributed by atoms with Crippen LogP contribution in [0.5, 0.6) is 0 Å². The average Bonchev–Trinajstić information content (AvgIpc) is 3.32. The molecule has 11 heteroatoms. The standard InChI is InChI=1S/C30H41N7O4/c1-23-5-3-6-24(19-23)25-7-4-8-37(32-25)27-20-26(34-11-17-41-18-12-34)29-30(31-27)35(13-14-39-2)28(36(29)22-38)21-33-9-15-40-16-10-33/h3,5-6,19-20,22,28H,4,7-18,21H2,1-2H3. The van der Waals surface area contributed by atoms with Crippen LogP contribution in [-0.2, 0) is 19.0 Å². The fraction of sp³-hybridized carbons (Fsp3) is 0.567. The molecule has 2 aromatic rings. The Morgan fingerprint density at radius 1 is 1.05 bits per heavy atom. The number of carbonyl (C=O) groups is 1. The van der Waals surface area contributed by atoms with Gasteiger partial charge in [0, 0.05) is 59.0 Å². The number of fused-ring (bicyclic) bond motifs is 1. The van der Waals surface area contributed by atoms with Crippen molar-refractivity contribution in [3.63, 3.8) is 0 Å². The van der Waals surface area contributed by atoms with Crippen molar-refractivity contribution in [3.8, 4) is 0 Å². The Bertz CT molecular complexity index is 1250. The number of carbonyl (C=O) groups excluding carboxylic acids is 1. The Hall–Kier alpha value is -3.25. The van der Waals surface area contributed by atoms with E-state index in [1.165, 1.54) is 5.56 Å². The molecule has 11 nitrogen and oxygen atoms in total. The normalized spacial score (nSPS) is 21.7. The summed E-state index contributed by atoms with van der Waals surface area (Å²) in [6, 6.07) is 10.7. The molecule has 4 aliphatic heterocycles. The lowest BCUT2D eigenvalue weighted by Gasteiger charge is -2.36. The van der Waals surface area contributed by atoms with Crippen LogP contribution >= 0.6 is 0 Å². The zero-order chi connectivity index (χ0) is 28.2. The molecule has 1 aromatic heterocycles. The van der Waals surface area contributed by atoms with E-state index >= 15 is 0 Å². The molecule has 2 fully saturated rings. The van der Waals surface area contributed by atoms with Crippen LogP contribution in [0.15, 0.2) is 35.4 Å². The molecule has 1 atom stereocenters. The van der Waals surface area contributed by atoms with Gasteiger partial charge >= 0.3 is 0 Å². The second-order valence-electron chi connectivity index (χ2n) is 11.0. The molecule has 2 saturated heterocycles. The Morgan fingerprint density at radius 2 is 1.83 bits per heavy atom. The van der Waals surface area contributed by atoms with E-state index in [0.717, 1.165) is 86.3 Å². The number of hydrogen-bond acceptors (Lipinski definition) is 10. The number of aryl methyl sites for hydroxylation is 1. The number of anilines is 4. The van der Waals surface area contributed by atoms with Crippen LogP contribution in [0, 0.1) is 6.92 Å². The van der Waals surface area contributed by atoms with E-state index < -0.39 is 0 Å². The van der Waals surface area contributed by atoms with E-state index in [-0.39, 0.29) is 6.17 Å². The van der Waals surface area contributed by atoms with E-state index in [4.69, 9.17) is 24.3 Å². The van der Waals surface area contributed by atoms with Crippen molar-refractivity contribution >= 4 is 35.1 Å². The first-order valence-electron chi connectivity index (χ1n) is 14.8. The number of nitrogens with zero attached hydrogens (tertiary/aromatic N) is 7. The molecular formula is C30H41N7O4. The lowest BCUT2D eigenvalue weighted by Crippen LogP contribution is -2.53. The number of pyridine rings is 1. The second kappa shape index (κ2) is 12.7. The second-order valence-corrected chi connectivity index (χ2v) is 11.0. The monoisotopic (exact) mass is 563 g/mol. The molecule has 0 spiro atoms. The summed E-state index contributed by atoms with van der Waals surface area (Å²) in [4.78, 5) is 26.9. The first kappa shape index (κ1) is 27.9. The van der Waals surface area contributed by atoms with Crippen molar-refractivity contribution < 1.29 is 19.0 Å². The number of hydrazone groups is 1. The van der Waals surface area contributed by atoms with Gasteiger partial charge in [-0.25, -0.2) is 9.99 Å². The highest BCUT2D eigenvalue weighted by atomic mass is 16.5. The van der Waals surface area contributed by atoms with Gasteiger partial charge in [-0.15, -0.1) is 0 Å². The molecule has 220 valence electrons. The zero-order valence-corrected chi connectivity index (χ0v) is 24.2. The van der Waals surface area contributed by atoms with Crippen molar-refractivity contribution in [2.75, 3.05) is 106 Å². The molecule has 0 N–H and O–H groups in total. The van der Waals surface area contributed by atoms with Gasteiger partial charge in [-0.1, -0.05) is 29.8 Å². The van der Waals surface area contributed by atoms with E-state index in [2.05, 4.69) is 52.0 Å². The first-order chi connectivity index (χ1) is 20.2. The third-order valence-corrected chi connectivity index (χ3v) is 8.32. The van der Waals surface area contributed by atoms with E-state index in [9.17, 15) is 4.79 Å². The maximum Gasteiger partial charge on any atom is 0.216 e. The van der Waals surface area contributed by atoms with Crippen LogP contribution in [0.2, 0.25) is 0 Å². The number of aromatic nitrogens is 1. The third-order valence-electron chi connectivity index (χ3n) is 8.32. The maximum absolute atomic E-state index is 12.8. The Labute approximate surface area is 242 Å². The molecule has 0 saturated carbocycles. The van der Waals surface area contributed by atoms with E-state index in [1.807, 2.05) is 9.91 Å². The molecule has 41 heavy (non-hydrogen) atoms. The Kier molecular flexibility index (Phi) is 8.66. The number of morpholine rings is 2. The summed E-state index contributed by atoms with van der Waals surface area (Å²) in [6.07, 6.45) is 2.70. The molecule has 5 heterocycles. The van der Waals surface area contributed by atoms with Crippen molar-refractivity contribution in [2.24, 2.45) is 5.10 Å². The average molecular weight is 564 g/mol. The lowest BCUT2D eigenvalue weighted by atomic mass is 10.0. The first-order valence-corrected chi connectivity index (χ1v) is 14.8. The summed E-state index contributed by atoms with van der Waals surface area (Å²) in [5, 5.41) is 7.15. The van der Waals surface area contributed by atoms with E-state index in [1.54, 1.807) is 7.11 Å². The number of amides is 1. The predicted octanol–water partition coefficient (Wildman–Crippen LogP) is 2.32. The van der Waals surface area contributed by atoms with Crippen LogP contribution in [-0.4, -0.2) is 114 Å². The summed E-state index contributed by atoms with van der Waals surface area (Å²) in [5.74, 6) is 1.61. The molecule has 0 radical (unpaired) electrons. The van der Waals surface area contributed by atoms with Crippen molar-refractivity contribution in [1.29, 1.82) is 0 Å². The maximum atomic E-state index is 12.8. The summed E-state index contributed by atoms with van der Waals surface area (Å²) in [5.41, 5.74) is 5.32. The molecule has 0 aliphatic carbocycles. The van der Waals surface area contributed by atoms with Gasteiger partial charge in [0.15, 0.2) is 11.6 Å². The Morgan fingerprint density at radius 3 is 2.56 bits per heavy atom. The van der Waals surface area contributed by atoms with Crippen LogP contribution in [0.4, 0.5) is 23.0 Å². The molecular weight excluding hydrogens is 522 g/mol. The topological polar surface area (TPSA) is 86.2 Å². The van der Waals surface area contributed by atoms with Crippen molar-refractivity contribution in [1.82, 2.24) is 9.88 Å². The lowest BCUT2D eigenvalue weighted by molar-refractivity contribution is -0.107. The van der Waals surface area contributed by atoms with Crippen LogP contribution in [0.1, 0.15) is 24.0 Å². The van der Waals surface area contributed by atoms with Gasteiger partial charge in [-0.2, -0.15) is 5.10 Å². The molecule has 1 amide bonds. The Balaban J connectivity index is 1.42. The highest BCUT2D eigenvalue weighted by molar-refractivity contribution is 6.02. The number of hydrogen-bond donors (Lipinski definition) is 0. The minimum Gasteiger partial charge on any atom is -0.383 e. The molecule has 4 aliphatic rings. The van der Waals surface area contributed by atoms with Gasteiger partial charge in [-0.05, 0) is 25.3 Å². The minimum atomic E-state index is -0.189. The minimum absolute atomic E-state index is 0.189. The molecule has 6 rings (SSSR count). The quantitative estimate of drug-likeness (QED) is 0.427. The SMILES string of the molecule is COCCN1c2nc(N3CCCC(c4cccc(C)c4)=N3)cc(N3CCOCC3)c2N(C=O)C1CN1CCOCC1. The molecule has 1 aromatic carbocycles. The highest BCUT2D eigenvalue weighted by Crippen LogP contribution is 2.47. The number of rotatable bonds is 9. The van der Waals surface area contributed by atoms with Crippen LogP contribution in [0.25, 0.3) is 0 Å². The van der Waals surface area contributed by atoms with Crippen LogP contribution < -0.4 is 19.7 Å². The van der Waals surface area contributed by atoms with Gasteiger partial charge < -0.3 is 24.0 Å². The number of ether oxygens (including phenoxy) is 3. The van der Waals surface area contributed by atoms with Gasteiger partial charge in [-0.3, -0.25) is 14.6 Å². The molecule has 0 bridgehead atoms. The van der Waals surface area contributed by atoms with Crippen molar-refractivity contribution in [3.05, 3.63) is 41.5 Å². The summed E-state index contributed by atoms with van der Waals surface area (Å²) in [6.45, 7) is 10.7. The van der Waals surface area contributed by atoms with Gasteiger partial charge in [0.1, 0.15) is 11.9 Å². The zero-order valence-electron chi connectivity index (χ0n) is 24.2.